The number of aryl methyl sites for hydroxylation is 1. The number of benzene rings is 1. The van der Waals surface area contributed by atoms with E-state index < -0.39 is 0 Å². The van der Waals surface area contributed by atoms with E-state index in [-0.39, 0.29) is 23.5 Å². The smallest absolute Gasteiger partial charge is 0.227 e. The highest BCUT2D eigenvalue weighted by atomic mass is 19.1. The van der Waals surface area contributed by atoms with Gasteiger partial charge in [-0.05, 0) is 37.5 Å². The zero-order valence-corrected chi connectivity index (χ0v) is 16.5. The number of likely N-dealkylation sites (tertiary alicyclic amines) is 1. The Morgan fingerprint density at radius 3 is 2.96 bits per heavy atom. The van der Waals surface area contributed by atoms with Gasteiger partial charge in [0.1, 0.15) is 11.6 Å². The van der Waals surface area contributed by atoms with E-state index in [4.69, 9.17) is 0 Å². The molecule has 0 bridgehead atoms. The van der Waals surface area contributed by atoms with Gasteiger partial charge in [0.05, 0.1) is 12.5 Å². The number of rotatable bonds is 7. The normalized spacial score (nSPS) is 17.0. The van der Waals surface area contributed by atoms with E-state index >= 15 is 0 Å². The Bertz CT molecular complexity index is 835. The van der Waals surface area contributed by atoms with Gasteiger partial charge in [-0.15, -0.1) is 0 Å². The van der Waals surface area contributed by atoms with Crippen LogP contribution in [0.4, 0.5) is 4.39 Å². The van der Waals surface area contributed by atoms with Crippen LogP contribution >= 0.6 is 0 Å². The third-order valence-corrected chi connectivity index (χ3v) is 5.31. The lowest BCUT2D eigenvalue weighted by Crippen LogP contribution is -2.46. The van der Waals surface area contributed by atoms with E-state index in [0.717, 1.165) is 17.9 Å². The van der Waals surface area contributed by atoms with Gasteiger partial charge >= 0.3 is 0 Å². The van der Waals surface area contributed by atoms with Crippen molar-refractivity contribution in [2.24, 2.45) is 5.92 Å². The van der Waals surface area contributed by atoms with Crippen molar-refractivity contribution in [3.8, 4) is 0 Å². The van der Waals surface area contributed by atoms with Gasteiger partial charge in [0.15, 0.2) is 0 Å². The predicted molar refractivity (Wildman–Crippen MR) is 104 cm³/mol. The third kappa shape index (κ3) is 4.77. The lowest BCUT2D eigenvalue weighted by Gasteiger charge is -2.34. The van der Waals surface area contributed by atoms with E-state index in [0.29, 0.717) is 38.9 Å². The molecule has 2 aromatic rings. The molecule has 3 rings (SSSR count). The van der Waals surface area contributed by atoms with E-state index in [9.17, 15) is 14.0 Å². The maximum absolute atomic E-state index is 13.3. The molecule has 2 heterocycles. The maximum Gasteiger partial charge on any atom is 0.227 e. The summed E-state index contributed by atoms with van der Waals surface area (Å²) < 4.78 is 15.4. The van der Waals surface area contributed by atoms with Crippen LogP contribution in [0.1, 0.15) is 31.2 Å². The fraction of sp³-hybridized carbons (Fsp3) is 0.476. The van der Waals surface area contributed by atoms with Crippen LogP contribution in [0, 0.1) is 11.7 Å². The van der Waals surface area contributed by atoms with Crippen molar-refractivity contribution in [3.63, 3.8) is 0 Å². The first-order valence-corrected chi connectivity index (χ1v) is 9.75. The second kappa shape index (κ2) is 8.99. The number of hydrogen-bond acceptors (Lipinski definition) is 3. The number of carbonyl (C=O) groups excluding carboxylic acids is 2. The van der Waals surface area contributed by atoms with E-state index in [1.54, 1.807) is 29.1 Å². The Kier molecular flexibility index (Phi) is 6.44. The molecule has 1 aromatic heterocycles. The SMILES string of the molecule is CCn1ccnc1CN(C)C(=O)[C@H]1CCC(=O)N(CCc2cccc(F)c2)C1. The molecule has 7 heteroatoms. The minimum absolute atomic E-state index is 0.0360. The number of imidazole rings is 1. The van der Waals surface area contributed by atoms with Crippen molar-refractivity contribution in [1.82, 2.24) is 19.4 Å². The van der Waals surface area contributed by atoms with Crippen molar-refractivity contribution in [1.29, 1.82) is 0 Å². The predicted octanol–water partition coefficient (Wildman–Crippen LogP) is 2.48. The fourth-order valence-electron chi connectivity index (χ4n) is 3.67. The van der Waals surface area contributed by atoms with Gasteiger partial charge in [0.2, 0.25) is 11.8 Å². The van der Waals surface area contributed by atoms with E-state index in [2.05, 4.69) is 4.98 Å². The van der Waals surface area contributed by atoms with Gasteiger partial charge in [-0.3, -0.25) is 9.59 Å². The molecule has 1 aliphatic heterocycles. The summed E-state index contributed by atoms with van der Waals surface area (Å²) in [7, 11) is 1.78. The summed E-state index contributed by atoms with van der Waals surface area (Å²) in [6, 6.07) is 6.42. The lowest BCUT2D eigenvalue weighted by molar-refractivity contribution is -0.142. The first-order chi connectivity index (χ1) is 13.5. The highest BCUT2D eigenvalue weighted by Gasteiger charge is 2.31. The van der Waals surface area contributed by atoms with Gasteiger partial charge in [-0.25, -0.2) is 9.37 Å². The molecule has 150 valence electrons. The molecule has 0 spiro atoms. The topological polar surface area (TPSA) is 58.4 Å². The van der Waals surface area contributed by atoms with Gasteiger partial charge in [0, 0.05) is 45.5 Å². The summed E-state index contributed by atoms with van der Waals surface area (Å²) in [6.07, 6.45) is 5.16. The van der Waals surface area contributed by atoms with Gasteiger partial charge in [0.25, 0.3) is 0 Å². The number of nitrogens with zero attached hydrogens (tertiary/aromatic N) is 4. The van der Waals surface area contributed by atoms with Crippen LogP contribution in [0.3, 0.4) is 0 Å². The molecule has 0 saturated carbocycles. The second-order valence-electron chi connectivity index (χ2n) is 7.28. The Labute approximate surface area is 165 Å². The summed E-state index contributed by atoms with van der Waals surface area (Å²) in [5.74, 6) is 0.467. The first kappa shape index (κ1) is 20.0. The molecule has 2 amide bonds. The zero-order valence-electron chi connectivity index (χ0n) is 16.5. The number of piperidine rings is 1. The first-order valence-electron chi connectivity index (χ1n) is 9.75. The highest BCUT2D eigenvalue weighted by Crippen LogP contribution is 2.21. The van der Waals surface area contributed by atoms with Gasteiger partial charge < -0.3 is 14.4 Å². The molecule has 0 unspecified atom stereocenters. The van der Waals surface area contributed by atoms with Gasteiger partial charge in [-0.1, -0.05) is 12.1 Å². The van der Waals surface area contributed by atoms with Crippen molar-refractivity contribution in [2.75, 3.05) is 20.1 Å². The molecular formula is C21H27FN4O2. The summed E-state index contributed by atoms with van der Waals surface area (Å²) >= 11 is 0. The Morgan fingerprint density at radius 2 is 2.21 bits per heavy atom. The van der Waals surface area contributed by atoms with Crippen LogP contribution < -0.4 is 0 Å². The number of hydrogen-bond donors (Lipinski definition) is 0. The van der Waals surface area contributed by atoms with Crippen molar-refractivity contribution in [3.05, 3.63) is 53.9 Å². The van der Waals surface area contributed by atoms with Crippen LogP contribution in [0.5, 0.6) is 0 Å². The number of carbonyl (C=O) groups is 2. The Balaban J connectivity index is 1.58. The molecule has 0 aliphatic carbocycles. The molecule has 0 radical (unpaired) electrons. The Hall–Kier alpha value is -2.70. The third-order valence-electron chi connectivity index (χ3n) is 5.31. The highest BCUT2D eigenvalue weighted by molar-refractivity contribution is 5.83. The van der Waals surface area contributed by atoms with Crippen LogP contribution in [0.15, 0.2) is 36.7 Å². The molecule has 28 heavy (non-hydrogen) atoms. The summed E-state index contributed by atoms with van der Waals surface area (Å²) in [5, 5.41) is 0. The molecule has 1 saturated heterocycles. The molecule has 6 nitrogen and oxygen atoms in total. The standard InChI is InChI=1S/C21H27FN4O2/c1-3-25-12-10-23-19(25)15-24(2)21(28)17-7-8-20(27)26(14-17)11-9-16-5-4-6-18(22)13-16/h4-6,10,12-13,17H,3,7-9,11,14-15H2,1-2H3/t17-/m0/s1. The van der Waals surface area contributed by atoms with Gasteiger partial charge in [-0.2, -0.15) is 0 Å². The second-order valence-corrected chi connectivity index (χ2v) is 7.28. The monoisotopic (exact) mass is 386 g/mol. The summed E-state index contributed by atoms with van der Waals surface area (Å²) in [6.45, 7) is 4.21. The number of amides is 2. The molecular weight excluding hydrogens is 359 g/mol. The van der Waals surface area contributed by atoms with Crippen LogP contribution in [0.25, 0.3) is 0 Å². The zero-order chi connectivity index (χ0) is 20.1. The van der Waals surface area contributed by atoms with Crippen LogP contribution in [-0.4, -0.2) is 51.3 Å². The molecule has 1 aliphatic rings. The quantitative estimate of drug-likeness (QED) is 0.735. The minimum atomic E-state index is -0.275. The van der Waals surface area contributed by atoms with Crippen molar-refractivity contribution in [2.45, 2.75) is 39.3 Å². The van der Waals surface area contributed by atoms with E-state index in [1.807, 2.05) is 23.8 Å². The molecule has 1 aromatic carbocycles. The minimum Gasteiger partial charge on any atom is -0.342 e. The Morgan fingerprint density at radius 1 is 1.39 bits per heavy atom. The lowest BCUT2D eigenvalue weighted by atomic mass is 9.95. The fourth-order valence-corrected chi connectivity index (χ4v) is 3.67. The average molecular weight is 386 g/mol. The van der Waals surface area contributed by atoms with Crippen LogP contribution in [0.2, 0.25) is 0 Å². The van der Waals surface area contributed by atoms with Crippen molar-refractivity contribution < 1.29 is 14.0 Å². The summed E-state index contributed by atoms with van der Waals surface area (Å²) in [5.41, 5.74) is 0.852. The van der Waals surface area contributed by atoms with E-state index in [1.165, 1.54) is 12.1 Å². The summed E-state index contributed by atoms with van der Waals surface area (Å²) in [4.78, 5) is 32.9. The largest absolute Gasteiger partial charge is 0.342 e. The number of halogens is 1. The molecule has 1 atom stereocenters. The van der Waals surface area contributed by atoms with Crippen molar-refractivity contribution >= 4 is 11.8 Å². The molecule has 1 fully saturated rings. The molecule has 0 N–H and O–H groups in total. The maximum atomic E-state index is 13.3. The average Bonchev–Trinajstić information content (AvgIpc) is 3.14. The van der Waals surface area contributed by atoms with Crippen LogP contribution in [-0.2, 0) is 29.1 Å². The number of aromatic nitrogens is 2.